The normalized spacial score (nSPS) is 13.7. The van der Waals surface area contributed by atoms with Crippen molar-refractivity contribution in [3.05, 3.63) is 69.6 Å². The molecule has 7 N–H and O–H groups in total. The first-order chi connectivity index (χ1) is 25.9. The van der Waals surface area contributed by atoms with Crippen molar-refractivity contribution in [2.75, 3.05) is 28.8 Å². The molecule has 5 rings (SSSR count). The van der Waals surface area contributed by atoms with Gasteiger partial charge in [-0.25, -0.2) is 21.8 Å². The molecule has 296 valence electrons. The molecule has 0 spiro atoms. The van der Waals surface area contributed by atoms with Crippen molar-refractivity contribution in [3.63, 3.8) is 0 Å². The molecule has 1 aliphatic rings. The number of nitrogens with two attached hydrogens (primary N) is 1. The minimum absolute atomic E-state index is 0. The van der Waals surface area contributed by atoms with Crippen LogP contribution < -0.4 is 115 Å². The molecular formula is C28H20ClN8Na3O15S4. The number of aliphatic hydroxyl groups is 1. The van der Waals surface area contributed by atoms with E-state index in [4.69, 9.17) is 22.4 Å². The van der Waals surface area contributed by atoms with E-state index in [1.54, 1.807) is 0 Å². The van der Waals surface area contributed by atoms with Gasteiger partial charge in [-0.3, -0.25) is 24.3 Å². The first kappa shape index (κ1) is 52.5. The van der Waals surface area contributed by atoms with Crippen LogP contribution in [0, 0.1) is 0 Å². The number of benzene rings is 3. The zero-order chi connectivity index (χ0) is 41.5. The summed E-state index contributed by atoms with van der Waals surface area (Å²) in [7, 11) is -20.0. The number of nitrogens with zero attached hydrogens (tertiary/aromatic N) is 5. The van der Waals surface area contributed by atoms with E-state index in [1.165, 1.54) is 0 Å². The molecule has 0 fully saturated rings. The van der Waals surface area contributed by atoms with Crippen LogP contribution in [0.2, 0.25) is 5.02 Å². The summed E-state index contributed by atoms with van der Waals surface area (Å²) in [5.41, 5.74) is 2.78. The molecule has 3 aromatic carbocycles. The quantitative estimate of drug-likeness (QED) is 0.0252. The van der Waals surface area contributed by atoms with E-state index in [0.29, 0.717) is 18.2 Å². The minimum atomic E-state index is -5.45. The number of nitrogens with one attached hydrogen (secondary N) is 2. The van der Waals surface area contributed by atoms with Gasteiger partial charge in [-0.1, -0.05) is 11.6 Å². The van der Waals surface area contributed by atoms with E-state index < -0.39 is 130 Å². The Balaban J connectivity index is 0.00000400. The number of carbonyl (C=O) groups is 1. The van der Waals surface area contributed by atoms with E-state index in [1.807, 2.05) is 5.43 Å². The van der Waals surface area contributed by atoms with E-state index in [9.17, 15) is 62.3 Å². The van der Waals surface area contributed by atoms with Crippen molar-refractivity contribution in [1.29, 1.82) is 0 Å². The van der Waals surface area contributed by atoms with Crippen LogP contribution in [-0.4, -0.2) is 86.3 Å². The van der Waals surface area contributed by atoms with Gasteiger partial charge in [-0.2, -0.15) is 27.1 Å². The SMILES string of the molecule is Nc1c(N=Nc2ccc(S(=O)(=O)CCO)cc2)c(S(=O)(=O)O)cc2c1C(=O)/C(=N/Nc1cc(Nc3nc([O-])nc([O-])c3Cl)ccc1S(=O)(=O)[O-])C(S(=O)(=O)O)=C2.[Na+].[Na+].[Na+]. The fraction of sp³-hybridized carbons (Fsp3) is 0.0714. The molecule has 1 aromatic heterocycles. The number of aromatic nitrogens is 2. The minimum Gasteiger partial charge on any atom is -0.857 e. The van der Waals surface area contributed by atoms with Crippen molar-refractivity contribution in [3.8, 4) is 11.9 Å². The van der Waals surface area contributed by atoms with Gasteiger partial charge in [0.1, 0.15) is 25.6 Å². The zero-order valence-corrected chi connectivity index (χ0v) is 40.2. The van der Waals surface area contributed by atoms with Crippen LogP contribution in [0.5, 0.6) is 11.9 Å². The van der Waals surface area contributed by atoms with Crippen LogP contribution in [0.4, 0.5) is 34.3 Å². The second-order valence-electron chi connectivity index (χ2n) is 11.0. The Kier molecular flexibility index (Phi) is 17.8. The van der Waals surface area contributed by atoms with Crippen LogP contribution in [0.15, 0.2) is 83.5 Å². The number of fused-ring (bicyclic) bond motifs is 1. The number of azo groups is 1. The largest absolute Gasteiger partial charge is 1.00 e. The number of hydrogen-bond acceptors (Lipinski definition) is 21. The Morgan fingerprint density at radius 1 is 0.847 bits per heavy atom. The Labute approximate surface area is 405 Å². The summed E-state index contributed by atoms with van der Waals surface area (Å²) in [6, 6.07) is 6.22. The maximum absolute atomic E-state index is 13.9. The molecule has 1 heterocycles. The summed E-state index contributed by atoms with van der Waals surface area (Å²) in [6.45, 7) is -0.660. The van der Waals surface area contributed by atoms with Crippen LogP contribution in [0.25, 0.3) is 6.08 Å². The van der Waals surface area contributed by atoms with Gasteiger partial charge in [-0.15, -0.1) is 5.11 Å². The number of anilines is 4. The number of ketones is 1. The number of allylic oxidation sites excluding steroid dienone is 1. The maximum Gasteiger partial charge on any atom is 1.00 e. The fourth-order valence-electron chi connectivity index (χ4n) is 4.82. The third-order valence-electron chi connectivity index (χ3n) is 7.27. The predicted octanol–water partition coefficient (Wildman–Crippen LogP) is -8.16. The van der Waals surface area contributed by atoms with E-state index in [2.05, 4.69) is 30.6 Å². The summed E-state index contributed by atoms with van der Waals surface area (Å²) in [5.74, 6) is -3.78. The fourth-order valence-corrected chi connectivity index (χ4v) is 7.92. The average molecular weight is 941 g/mol. The Hall–Kier alpha value is -2.65. The number of rotatable bonds is 12. The summed E-state index contributed by atoms with van der Waals surface area (Å²) < 4.78 is 130. The summed E-state index contributed by atoms with van der Waals surface area (Å²) in [5, 5.41) is 45.3. The maximum atomic E-state index is 13.9. The Morgan fingerprint density at radius 3 is 2.03 bits per heavy atom. The topological polar surface area (TPSA) is 396 Å². The van der Waals surface area contributed by atoms with Gasteiger partial charge in [-0.05, 0) is 60.2 Å². The second-order valence-corrected chi connectivity index (χ2v) is 17.6. The van der Waals surface area contributed by atoms with Gasteiger partial charge in [0.25, 0.3) is 20.2 Å². The van der Waals surface area contributed by atoms with Crippen LogP contribution >= 0.6 is 11.6 Å². The molecule has 4 aromatic rings. The van der Waals surface area contributed by atoms with Crippen molar-refractivity contribution >= 4 is 104 Å². The first-order valence-electron chi connectivity index (χ1n) is 14.6. The summed E-state index contributed by atoms with van der Waals surface area (Å²) >= 11 is 5.83. The number of sulfone groups is 1. The number of Topliss-reactive ketones (excluding diaryl/α,β-unsaturated/α-hetero) is 1. The molecule has 0 saturated heterocycles. The van der Waals surface area contributed by atoms with Crippen molar-refractivity contribution in [2.45, 2.75) is 14.7 Å². The van der Waals surface area contributed by atoms with E-state index in [-0.39, 0.29) is 105 Å². The first-order valence-corrected chi connectivity index (χ1v) is 20.9. The van der Waals surface area contributed by atoms with Gasteiger partial charge < -0.3 is 30.9 Å². The van der Waals surface area contributed by atoms with Crippen LogP contribution in [0.3, 0.4) is 0 Å². The molecule has 59 heavy (non-hydrogen) atoms. The smallest absolute Gasteiger partial charge is 0.857 e. The molecule has 0 bridgehead atoms. The van der Waals surface area contributed by atoms with Gasteiger partial charge in [0, 0.05) is 11.6 Å². The van der Waals surface area contributed by atoms with Crippen molar-refractivity contribution in [1.82, 2.24) is 9.97 Å². The average Bonchev–Trinajstić information content (AvgIpc) is 3.08. The van der Waals surface area contributed by atoms with E-state index in [0.717, 1.165) is 36.4 Å². The third-order valence-corrected chi connectivity index (χ3v) is 12.0. The van der Waals surface area contributed by atoms with Gasteiger partial charge in [0.15, 0.2) is 21.4 Å². The molecule has 0 amide bonds. The molecule has 0 radical (unpaired) electrons. The Morgan fingerprint density at radius 2 is 1.47 bits per heavy atom. The number of nitrogen functional groups attached to an aromatic ring is 1. The second kappa shape index (κ2) is 20.0. The molecule has 0 unspecified atom stereocenters. The van der Waals surface area contributed by atoms with Crippen LogP contribution in [-0.2, 0) is 40.2 Å². The van der Waals surface area contributed by atoms with Gasteiger partial charge in [0.2, 0.25) is 5.78 Å². The molecule has 0 saturated carbocycles. The molecule has 1 aliphatic carbocycles. The monoisotopic (exact) mass is 940 g/mol. The number of hydrogen-bond donors (Lipinski definition) is 6. The predicted molar refractivity (Wildman–Crippen MR) is 189 cm³/mol. The number of hydrazone groups is 1. The molecular weight excluding hydrogens is 921 g/mol. The van der Waals surface area contributed by atoms with Gasteiger partial charge in [0.05, 0.1) is 55.8 Å². The summed E-state index contributed by atoms with van der Waals surface area (Å²) in [6.07, 6.45) is 0.519. The standard InChI is InChI=1S/C28H23ClN8O15S4.3Na/c29-21-26(32-28(41)33-27(21)40)31-14-3-6-17(54(44,45)46)16(11-14)35-37-24-19(56(50,51)52)10-12-9-18(55(47,48)49)23(22(30)20(12)25(24)39)36-34-13-1-4-15(5-2-13)53(42,43)8-7-38;;;/h1-6,9-11,35,38H,7-8,30H2,(H,44,45,46)(H,47,48,49)(H,50,51,52)(H3,31,32,33,40,41);;;/q;3*+1/p-3/b36-34?,37-24+;;;. The van der Waals surface area contributed by atoms with Gasteiger partial charge >= 0.3 is 88.7 Å². The van der Waals surface area contributed by atoms with Crippen LogP contribution in [0.1, 0.15) is 15.9 Å². The number of carbonyl (C=O) groups excluding carboxylic acids is 1. The van der Waals surface area contributed by atoms with Crippen molar-refractivity contribution in [2.24, 2.45) is 15.3 Å². The Bertz CT molecular complexity index is 2890. The molecule has 23 nitrogen and oxygen atoms in total. The molecule has 0 atom stereocenters. The number of halogens is 1. The third kappa shape index (κ3) is 12.0. The zero-order valence-electron chi connectivity index (χ0n) is 30.2. The van der Waals surface area contributed by atoms with Crippen molar-refractivity contribution < 1.29 is 156 Å². The summed E-state index contributed by atoms with van der Waals surface area (Å²) in [4.78, 5) is 16.6. The molecule has 0 aliphatic heterocycles. The number of aliphatic hydroxyl groups excluding tert-OH is 1. The van der Waals surface area contributed by atoms with E-state index >= 15 is 0 Å². The molecule has 31 heteroatoms.